The lowest BCUT2D eigenvalue weighted by molar-refractivity contribution is -0.0167. The Morgan fingerprint density at radius 3 is 2.95 bits per heavy atom. The predicted octanol–water partition coefficient (Wildman–Crippen LogP) is 1.70. The first kappa shape index (κ1) is 16.2. The number of hydrogen-bond donors (Lipinski definition) is 1. The van der Waals surface area contributed by atoms with Gasteiger partial charge >= 0.3 is 0 Å². The van der Waals surface area contributed by atoms with E-state index in [4.69, 9.17) is 22.1 Å². The number of nitrogens with two attached hydrogens (primary N) is 1. The monoisotopic (exact) mass is 308 g/mol. The fourth-order valence-electron chi connectivity index (χ4n) is 1.88. The summed E-state index contributed by atoms with van der Waals surface area (Å²) in [4.78, 5) is 13.8. The van der Waals surface area contributed by atoms with Crippen molar-refractivity contribution in [2.24, 2.45) is 5.73 Å². The van der Waals surface area contributed by atoms with E-state index in [1.807, 2.05) is 0 Å². The van der Waals surface area contributed by atoms with E-state index in [9.17, 15) is 9.18 Å². The lowest BCUT2D eigenvalue weighted by atomic mass is 10.1. The summed E-state index contributed by atoms with van der Waals surface area (Å²) >= 11 is 5.87. The molecule has 1 atom stereocenters. The molecule has 1 aromatic carbocycles. The molecule has 1 aliphatic rings. The molecule has 2 rings (SSSR count). The molecule has 1 heterocycles. The summed E-state index contributed by atoms with van der Waals surface area (Å²) in [5.41, 5.74) is 5.82. The van der Waals surface area contributed by atoms with Crippen molar-refractivity contribution in [3.8, 4) is 0 Å². The van der Waals surface area contributed by atoms with Gasteiger partial charge in [0.2, 0.25) is 0 Å². The molecular weight excluding hydrogens is 294 g/mol. The zero-order valence-corrected chi connectivity index (χ0v) is 11.7. The standard InChI is InChI=1S/C12H14ClFN2O2.ClH/c13-11-5-8(14)1-2-10(11)12(17)16-3-4-18-9(6-15)7-16;/h1-2,5,9H,3-4,6-7,15H2;1H. The van der Waals surface area contributed by atoms with Gasteiger partial charge in [0.1, 0.15) is 5.82 Å². The van der Waals surface area contributed by atoms with Crippen molar-refractivity contribution in [2.75, 3.05) is 26.2 Å². The van der Waals surface area contributed by atoms with Gasteiger partial charge in [0.05, 0.1) is 23.3 Å². The third kappa shape index (κ3) is 3.79. The van der Waals surface area contributed by atoms with Gasteiger partial charge in [-0.25, -0.2) is 4.39 Å². The van der Waals surface area contributed by atoms with E-state index in [0.29, 0.717) is 31.8 Å². The molecule has 1 aromatic rings. The number of rotatable bonds is 2. The van der Waals surface area contributed by atoms with Crippen LogP contribution in [0.15, 0.2) is 18.2 Å². The Hall–Kier alpha value is -0.880. The minimum atomic E-state index is -0.460. The highest BCUT2D eigenvalue weighted by atomic mass is 35.5. The van der Waals surface area contributed by atoms with Crippen LogP contribution in [0.4, 0.5) is 4.39 Å². The van der Waals surface area contributed by atoms with Gasteiger partial charge < -0.3 is 15.4 Å². The van der Waals surface area contributed by atoms with Crippen molar-refractivity contribution in [1.82, 2.24) is 4.90 Å². The van der Waals surface area contributed by atoms with Crippen LogP contribution in [0.2, 0.25) is 5.02 Å². The lowest BCUT2D eigenvalue weighted by Gasteiger charge is -2.32. The number of halogens is 3. The van der Waals surface area contributed by atoms with E-state index in [0.717, 1.165) is 6.07 Å². The topological polar surface area (TPSA) is 55.6 Å². The first-order chi connectivity index (χ1) is 8.61. The molecule has 7 heteroatoms. The maximum absolute atomic E-state index is 12.9. The van der Waals surface area contributed by atoms with Crippen molar-refractivity contribution >= 4 is 29.9 Å². The van der Waals surface area contributed by atoms with Crippen LogP contribution in [0.5, 0.6) is 0 Å². The highest BCUT2D eigenvalue weighted by Crippen LogP contribution is 2.20. The molecule has 0 saturated carbocycles. The van der Waals surface area contributed by atoms with E-state index in [-0.39, 0.29) is 29.4 Å². The molecule has 0 bridgehead atoms. The smallest absolute Gasteiger partial charge is 0.255 e. The average Bonchev–Trinajstić information content (AvgIpc) is 2.38. The molecule has 19 heavy (non-hydrogen) atoms. The van der Waals surface area contributed by atoms with E-state index in [2.05, 4.69) is 0 Å². The van der Waals surface area contributed by atoms with Gasteiger partial charge in [0.25, 0.3) is 5.91 Å². The lowest BCUT2D eigenvalue weighted by Crippen LogP contribution is -2.48. The number of ether oxygens (including phenoxy) is 1. The summed E-state index contributed by atoms with van der Waals surface area (Å²) in [5, 5.41) is 0.121. The van der Waals surface area contributed by atoms with Crippen LogP contribution in [0.3, 0.4) is 0 Å². The van der Waals surface area contributed by atoms with Crippen molar-refractivity contribution in [3.05, 3.63) is 34.6 Å². The van der Waals surface area contributed by atoms with Gasteiger partial charge in [-0.3, -0.25) is 4.79 Å². The Labute approximate surface area is 122 Å². The first-order valence-corrected chi connectivity index (χ1v) is 6.05. The Morgan fingerprint density at radius 1 is 1.58 bits per heavy atom. The number of carbonyl (C=O) groups excluding carboxylic acids is 1. The molecule has 0 aliphatic carbocycles. The maximum atomic E-state index is 12.9. The first-order valence-electron chi connectivity index (χ1n) is 5.68. The highest BCUT2D eigenvalue weighted by Gasteiger charge is 2.25. The van der Waals surface area contributed by atoms with Crippen LogP contribution in [0.25, 0.3) is 0 Å². The largest absolute Gasteiger partial charge is 0.373 e. The molecule has 1 amide bonds. The quantitative estimate of drug-likeness (QED) is 0.905. The zero-order chi connectivity index (χ0) is 13.1. The number of benzene rings is 1. The van der Waals surface area contributed by atoms with E-state index in [1.54, 1.807) is 4.90 Å². The highest BCUT2D eigenvalue weighted by molar-refractivity contribution is 6.33. The Bertz CT molecular complexity index is 459. The van der Waals surface area contributed by atoms with Crippen LogP contribution in [-0.4, -0.2) is 43.2 Å². The van der Waals surface area contributed by atoms with Gasteiger partial charge in [0.15, 0.2) is 0 Å². The summed E-state index contributed by atoms with van der Waals surface area (Å²) in [6.07, 6.45) is -0.151. The SMILES string of the molecule is Cl.NCC1CN(C(=O)c2ccc(F)cc2Cl)CCO1. The number of carbonyl (C=O) groups is 1. The molecule has 2 N–H and O–H groups in total. The molecule has 0 spiro atoms. The van der Waals surface area contributed by atoms with Gasteiger partial charge in [-0.05, 0) is 18.2 Å². The Kier molecular flexibility index (Phi) is 6.00. The molecule has 106 valence electrons. The fraction of sp³-hybridized carbons (Fsp3) is 0.417. The second-order valence-electron chi connectivity index (χ2n) is 4.10. The Balaban J connectivity index is 0.00000180. The third-order valence-electron chi connectivity index (χ3n) is 2.85. The Morgan fingerprint density at radius 2 is 2.32 bits per heavy atom. The fourth-order valence-corrected chi connectivity index (χ4v) is 2.13. The molecular formula is C12H15Cl2FN2O2. The predicted molar refractivity (Wildman–Crippen MR) is 73.4 cm³/mol. The molecule has 0 aromatic heterocycles. The van der Waals surface area contributed by atoms with E-state index in [1.165, 1.54) is 12.1 Å². The zero-order valence-electron chi connectivity index (χ0n) is 10.1. The van der Waals surface area contributed by atoms with Crippen molar-refractivity contribution in [1.29, 1.82) is 0 Å². The summed E-state index contributed by atoms with van der Waals surface area (Å²) in [5.74, 6) is -0.680. The summed E-state index contributed by atoms with van der Waals surface area (Å²) in [6, 6.07) is 3.75. The molecule has 1 unspecified atom stereocenters. The van der Waals surface area contributed by atoms with Gasteiger partial charge in [-0.15, -0.1) is 12.4 Å². The number of hydrogen-bond acceptors (Lipinski definition) is 3. The van der Waals surface area contributed by atoms with Crippen molar-refractivity contribution in [2.45, 2.75) is 6.10 Å². The van der Waals surface area contributed by atoms with Gasteiger partial charge in [-0.2, -0.15) is 0 Å². The van der Waals surface area contributed by atoms with Crippen molar-refractivity contribution < 1.29 is 13.9 Å². The summed E-state index contributed by atoms with van der Waals surface area (Å²) in [6.45, 7) is 1.74. The van der Waals surface area contributed by atoms with Crippen LogP contribution in [-0.2, 0) is 4.74 Å². The van der Waals surface area contributed by atoms with Gasteiger partial charge in [-0.1, -0.05) is 11.6 Å². The molecule has 1 fully saturated rings. The normalized spacial score (nSPS) is 18.9. The van der Waals surface area contributed by atoms with E-state index < -0.39 is 5.82 Å². The van der Waals surface area contributed by atoms with E-state index >= 15 is 0 Å². The van der Waals surface area contributed by atoms with Crippen molar-refractivity contribution in [3.63, 3.8) is 0 Å². The minimum Gasteiger partial charge on any atom is -0.373 e. The summed E-state index contributed by atoms with van der Waals surface area (Å²) in [7, 11) is 0. The van der Waals surface area contributed by atoms with Crippen LogP contribution < -0.4 is 5.73 Å². The number of morpholine rings is 1. The van der Waals surface area contributed by atoms with Crippen LogP contribution in [0, 0.1) is 5.82 Å². The van der Waals surface area contributed by atoms with Crippen LogP contribution in [0.1, 0.15) is 10.4 Å². The summed E-state index contributed by atoms with van der Waals surface area (Å²) < 4.78 is 18.3. The maximum Gasteiger partial charge on any atom is 0.255 e. The third-order valence-corrected chi connectivity index (χ3v) is 3.16. The number of nitrogens with zero attached hydrogens (tertiary/aromatic N) is 1. The molecule has 4 nitrogen and oxygen atoms in total. The second kappa shape index (κ2) is 7.05. The molecule has 0 radical (unpaired) electrons. The minimum absolute atomic E-state index is 0. The van der Waals surface area contributed by atoms with Crippen LogP contribution >= 0.6 is 24.0 Å². The molecule has 1 aliphatic heterocycles. The molecule has 1 saturated heterocycles. The average molecular weight is 309 g/mol. The second-order valence-corrected chi connectivity index (χ2v) is 4.51. The van der Waals surface area contributed by atoms with Gasteiger partial charge in [0, 0.05) is 19.6 Å². The number of amides is 1.